The van der Waals surface area contributed by atoms with E-state index in [1.807, 2.05) is 0 Å². The minimum atomic E-state index is -3.54. The van der Waals surface area contributed by atoms with E-state index in [9.17, 15) is 21.6 Å². The van der Waals surface area contributed by atoms with Crippen LogP contribution in [0.1, 0.15) is 25.7 Å². The highest BCUT2D eigenvalue weighted by atomic mass is 32.2. The van der Waals surface area contributed by atoms with E-state index in [0.717, 1.165) is 31.9 Å². The smallest absolute Gasteiger partial charge is 0.262 e. The van der Waals surface area contributed by atoms with Gasteiger partial charge in [-0.05, 0) is 61.4 Å². The largest absolute Gasteiger partial charge is 0.484 e. The third-order valence-electron chi connectivity index (χ3n) is 4.96. The molecule has 1 aliphatic rings. The Morgan fingerprint density at radius 3 is 1.97 bits per heavy atom. The van der Waals surface area contributed by atoms with Gasteiger partial charge in [-0.3, -0.25) is 4.79 Å². The van der Waals surface area contributed by atoms with Crippen molar-refractivity contribution in [3.63, 3.8) is 0 Å². The molecule has 0 bridgehead atoms. The molecule has 1 amide bonds. The van der Waals surface area contributed by atoms with Gasteiger partial charge in [-0.25, -0.2) is 16.8 Å². The average molecular weight is 467 g/mol. The summed E-state index contributed by atoms with van der Waals surface area (Å²) >= 11 is 0. The summed E-state index contributed by atoms with van der Waals surface area (Å²) in [6, 6.07) is 11.8. The van der Waals surface area contributed by atoms with Crippen molar-refractivity contribution < 1.29 is 26.4 Å². The lowest BCUT2D eigenvalue weighted by molar-refractivity contribution is -0.118. The van der Waals surface area contributed by atoms with Gasteiger partial charge in [0.05, 0.1) is 9.79 Å². The molecule has 0 aliphatic carbocycles. The number of amides is 1. The fraction of sp³-hybridized carbons (Fsp3) is 0.381. The maximum atomic E-state index is 12.8. The van der Waals surface area contributed by atoms with Crippen LogP contribution in [0.2, 0.25) is 0 Å². The molecule has 31 heavy (non-hydrogen) atoms. The first kappa shape index (κ1) is 23.2. The highest BCUT2D eigenvalue weighted by Crippen LogP contribution is 2.22. The molecule has 0 aromatic heterocycles. The van der Waals surface area contributed by atoms with Gasteiger partial charge in [0, 0.05) is 25.0 Å². The van der Waals surface area contributed by atoms with E-state index < -0.39 is 25.8 Å². The predicted molar refractivity (Wildman–Crippen MR) is 117 cm³/mol. The Balaban J connectivity index is 1.56. The summed E-state index contributed by atoms with van der Waals surface area (Å²) < 4.78 is 55.4. The quantitative estimate of drug-likeness (QED) is 0.672. The lowest BCUT2D eigenvalue weighted by Gasteiger charge is -2.20. The zero-order chi connectivity index (χ0) is 22.5. The van der Waals surface area contributed by atoms with Crippen LogP contribution < -0.4 is 10.1 Å². The average Bonchev–Trinajstić information content (AvgIpc) is 3.02. The third kappa shape index (κ3) is 6.28. The van der Waals surface area contributed by atoms with E-state index >= 15 is 0 Å². The minimum absolute atomic E-state index is 0.166. The van der Waals surface area contributed by atoms with Crippen LogP contribution in [-0.4, -0.2) is 53.0 Å². The zero-order valence-electron chi connectivity index (χ0n) is 17.3. The molecule has 1 fully saturated rings. The number of benzene rings is 2. The third-order valence-corrected chi connectivity index (χ3v) is 8.00. The molecule has 2 aromatic carbocycles. The monoisotopic (exact) mass is 466 g/mol. The molecule has 3 rings (SSSR count). The Bertz CT molecular complexity index is 1100. The van der Waals surface area contributed by atoms with E-state index in [0.29, 0.717) is 24.5 Å². The number of rotatable bonds is 7. The Morgan fingerprint density at radius 2 is 1.42 bits per heavy atom. The highest BCUT2D eigenvalue weighted by molar-refractivity contribution is 7.90. The fourth-order valence-corrected chi connectivity index (χ4v) is 5.42. The van der Waals surface area contributed by atoms with Gasteiger partial charge < -0.3 is 10.1 Å². The number of hydrogen-bond donors (Lipinski definition) is 1. The summed E-state index contributed by atoms with van der Waals surface area (Å²) in [5, 5.41) is 2.65. The number of nitrogens with one attached hydrogen (secondary N) is 1. The van der Waals surface area contributed by atoms with E-state index in [1.54, 1.807) is 12.1 Å². The van der Waals surface area contributed by atoms with Crippen molar-refractivity contribution in [2.75, 3.05) is 31.3 Å². The summed E-state index contributed by atoms with van der Waals surface area (Å²) in [5.74, 6) is -0.0586. The second-order valence-electron chi connectivity index (χ2n) is 7.42. The second kappa shape index (κ2) is 9.80. The van der Waals surface area contributed by atoms with Crippen molar-refractivity contribution in [1.82, 2.24) is 4.31 Å². The highest BCUT2D eigenvalue weighted by Gasteiger charge is 2.25. The van der Waals surface area contributed by atoms with Crippen LogP contribution in [-0.2, 0) is 24.7 Å². The van der Waals surface area contributed by atoms with E-state index in [1.165, 1.54) is 40.7 Å². The SMILES string of the molecule is CS(=O)(=O)c1ccc(OCC(=O)Nc2ccc(S(=O)(=O)N3CCCCCC3)cc2)cc1. The Morgan fingerprint density at radius 1 is 0.871 bits per heavy atom. The maximum Gasteiger partial charge on any atom is 0.262 e. The van der Waals surface area contributed by atoms with Gasteiger partial charge in [0.15, 0.2) is 16.4 Å². The molecule has 1 heterocycles. The molecule has 1 saturated heterocycles. The van der Waals surface area contributed by atoms with Gasteiger partial charge in [0.25, 0.3) is 5.91 Å². The summed E-state index contributed by atoms with van der Waals surface area (Å²) in [5.41, 5.74) is 0.454. The summed E-state index contributed by atoms with van der Waals surface area (Å²) in [6.45, 7) is 0.790. The molecule has 0 saturated carbocycles. The van der Waals surface area contributed by atoms with Crippen LogP contribution in [0.4, 0.5) is 5.69 Å². The van der Waals surface area contributed by atoms with Crippen LogP contribution in [0.25, 0.3) is 0 Å². The number of carbonyl (C=O) groups excluding carboxylic acids is 1. The molecule has 0 radical (unpaired) electrons. The van der Waals surface area contributed by atoms with Crippen molar-refractivity contribution in [3.8, 4) is 5.75 Å². The summed E-state index contributed by atoms with van der Waals surface area (Å²) in [4.78, 5) is 12.5. The number of ether oxygens (including phenoxy) is 1. The van der Waals surface area contributed by atoms with Gasteiger partial charge in [-0.15, -0.1) is 0 Å². The van der Waals surface area contributed by atoms with Gasteiger partial charge in [-0.2, -0.15) is 4.31 Å². The molecule has 168 valence electrons. The molecule has 1 aliphatic heterocycles. The van der Waals surface area contributed by atoms with Gasteiger partial charge >= 0.3 is 0 Å². The zero-order valence-corrected chi connectivity index (χ0v) is 18.9. The molecule has 8 nitrogen and oxygen atoms in total. The Labute approximate surface area is 183 Å². The standard InChI is InChI=1S/C21H26N2O6S2/c1-30(25,26)19-12-8-18(9-13-19)29-16-21(24)22-17-6-10-20(11-7-17)31(27,28)23-14-4-2-3-5-15-23/h6-13H,2-5,14-16H2,1H3,(H,22,24). The number of anilines is 1. The van der Waals surface area contributed by atoms with Gasteiger partial charge in [0.1, 0.15) is 5.75 Å². The molecule has 0 unspecified atom stereocenters. The van der Waals surface area contributed by atoms with Crippen LogP contribution in [0.5, 0.6) is 5.75 Å². The van der Waals surface area contributed by atoms with Gasteiger partial charge in [-0.1, -0.05) is 12.8 Å². The van der Waals surface area contributed by atoms with Crippen molar-refractivity contribution in [1.29, 1.82) is 0 Å². The first-order valence-electron chi connectivity index (χ1n) is 9.99. The molecular formula is C21H26N2O6S2. The topological polar surface area (TPSA) is 110 Å². The number of hydrogen-bond acceptors (Lipinski definition) is 6. The lowest BCUT2D eigenvalue weighted by atomic mass is 10.2. The fourth-order valence-electron chi connectivity index (χ4n) is 3.27. The predicted octanol–water partition coefficient (Wildman–Crippen LogP) is 2.67. The van der Waals surface area contributed by atoms with E-state index in [4.69, 9.17) is 4.74 Å². The van der Waals surface area contributed by atoms with E-state index in [2.05, 4.69) is 5.32 Å². The number of nitrogens with zero attached hydrogens (tertiary/aromatic N) is 1. The van der Waals surface area contributed by atoms with Crippen LogP contribution in [0.3, 0.4) is 0 Å². The van der Waals surface area contributed by atoms with Gasteiger partial charge in [0.2, 0.25) is 10.0 Å². The maximum absolute atomic E-state index is 12.8. The Hall–Kier alpha value is -2.43. The van der Waals surface area contributed by atoms with Crippen molar-refractivity contribution in [2.45, 2.75) is 35.5 Å². The van der Waals surface area contributed by atoms with Crippen LogP contribution in [0, 0.1) is 0 Å². The summed E-state index contributed by atoms with van der Waals surface area (Å²) in [7, 11) is -6.83. The minimum Gasteiger partial charge on any atom is -0.484 e. The first-order chi connectivity index (χ1) is 14.7. The normalized spacial score (nSPS) is 15.8. The second-order valence-corrected chi connectivity index (χ2v) is 11.4. The molecule has 2 aromatic rings. The first-order valence-corrected chi connectivity index (χ1v) is 13.3. The van der Waals surface area contributed by atoms with Crippen LogP contribution >= 0.6 is 0 Å². The number of carbonyl (C=O) groups is 1. The molecule has 1 N–H and O–H groups in total. The van der Waals surface area contributed by atoms with E-state index in [-0.39, 0.29) is 16.4 Å². The van der Waals surface area contributed by atoms with Crippen molar-refractivity contribution in [2.24, 2.45) is 0 Å². The van der Waals surface area contributed by atoms with Crippen molar-refractivity contribution >= 4 is 31.5 Å². The molecular weight excluding hydrogens is 440 g/mol. The molecule has 0 atom stereocenters. The number of sulfone groups is 1. The summed E-state index contributed by atoms with van der Waals surface area (Å²) in [6.07, 6.45) is 4.93. The van der Waals surface area contributed by atoms with Crippen LogP contribution in [0.15, 0.2) is 58.3 Å². The molecule has 10 heteroatoms. The molecule has 0 spiro atoms. The van der Waals surface area contributed by atoms with Crippen molar-refractivity contribution in [3.05, 3.63) is 48.5 Å². The number of sulfonamides is 1. The Kier molecular flexibility index (Phi) is 7.34. The lowest BCUT2D eigenvalue weighted by Crippen LogP contribution is -2.31.